The van der Waals surface area contributed by atoms with Gasteiger partial charge in [0.15, 0.2) is 0 Å². The van der Waals surface area contributed by atoms with Crippen molar-refractivity contribution < 1.29 is 9.59 Å². The van der Waals surface area contributed by atoms with Crippen LogP contribution in [0.4, 0.5) is 0 Å². The third-order valence-electron chi connectivity index (χ3n) is 3.80. The smallest absolute Gasteiger partial charge is 0.225 e. The summed E-state index contributed by atoms with van der Waals surface area (Å²) >= 11 is 0. The molecule has 1 aliphatic rings. The zero-order chi connectivity index (χ0) is 16.3. The number of nitrogens with zero attached hydrogens (tertiary/aromatic N) is 1. The lowest BCUT2D eigenvalue weighted by molar-refractivity contribution is -0.129. The summed E-state index contributed by atoms with van der Waals surface area (Å²) in [4.78, 5) is 26.2. The first-order chi connectivity index (χ1) is 9.54. The van der Waals surface area contributed by atoms with E-state index in [-0.39, 0.29) is 28.7 Å². The normalized spacial score (nSPS) is 20.0. The van der Waals surface area contributed by atoms with E-state index in [0.29, 0.717) is 13.0 Å². The molecule has 2 amide bonds. The van der Waals surface area contributed by atoms with E-state index >= 15 is 0 Å². The van der Waals surface area contributed by atoms with Gasteiger partial charge < -0.3 is 10.2 Å². The van der Waals surface area contributed by atoms with Gasteiger partial charge in [-0.15, -0.1) is 0 Å². The molecule has 122 valence electrons. The van der Waals surface area contributed by atoms with E-state index < -0.39 is 0 Å². The van der Waals surface area contributed by atoms with Crippen LogP contribution in [0.2, 0.25) is 0 Å². The molecule has 21 heavy (non-hydrogen) atoms. The summed E-state index contributed by atoms with van der Waals surface area (Å²) in [5.41, 5.74) is -0.0787. The van der Waals surface area contributed by atoms with Crippen LogP contribution in [-0.4, -0.2) is 35.3 Å². The molecule has 0 radical (unpaired) electrons. The Morgan fingerprint density at radius 3 is 2.43 bits per heavy atom. The van der Waals surface area contributed by atoms with Crippen LogP contribution in [0.5, 0.6) is 0 Å². The SMILES string of the molecule is CCCCN1C[C@H](C(=O)NC(C)(C)CC(C)(C)C)CC1=O. The second kappa shape index (κ2) is 6.80. The van der Waals surface area contributed by atoms with E-state index in [9.17, 15) is 9.59 Å². The Kier molecular flexibility index (Phi) is 5.83. The van der Waals surface area contributed by atoms with Gasteiger partial charge in [0.25, 0.3) is 0 Å². The van der Waals surface area contributed by atoms with Crippen molar-refractivity contribution in [3.05, 3.63) is 0 Å². The molecule has 1 rings (SSSR count). The average molecular weight is 296 g/mol. The number of hydrogen-bond acceptors (Lipinski definition) is 2. The monoisotopic (exact) mass is 296 g/mol. The number of carbonyl (C=O) groups is 2. The van der Waals surface area contributed by atoms with Crippen molar-refractivity contribution in [2.45, 2.75) is 72.8 Å². The molecule has 0 aromatic heterocycles. The molecule has 4 heteroatoms. The largest absolute Gasteiger partial charge is 0.351 e. The second-order valence-electron chi connectivity index (χ2n) is 8.20. The summed E-state index contributed by atoms with van der Waals surface area (Å²) in [7, 11) is 0. The molecule has 1 atom stereocenters. The first kappa shape index (κ1) is 18.0. The van der Waals surface area contributed by atoms with Crippen LogP contribution in [0.15, 0.2) is 0 Å². The molecule has 0 saturated carbocycles. The molecular weight excluding hydrogens is 264 g/mol. The minimum Gasteiger partial charge on any atom is -0.351 e. The Morgan fingerprint density at radius 2 is 1.90 bits per heavy atom. The number of carbonyl (C=O) groups excluding carboxylic acids is 2. The van der Waals surface area contributed by atoms with Crippen molar-refractivity contribution >= 4 is 11.8 Å². The average Bonchev–Trinajstić information content (AvgIpc) is 2.64. The van der Waals surface area contributed by atoms with Crippen LogP contribution in [0.25, 0.3) is 0 Å². The number of nitrogens with one attached hydrogen (secondary N) is 1. The van der Waals surface area contributed by atoms with Crippen molar-refractivity contribution in [1.29, 1.82) is 0 Å². The first-order valence-corrected chi connectivity index (χ1v) is 8.14. The lowest BCUT2D eigenvalue weighted by Crippen LogP contribution is -2.48. The van der Waals surface area contributed by atoms with E-state index in [1.165, 1.54) is 0 Å². The molecule has 0 spiro atoms. The number of unbranched alkanes of at least 4 members (excludes halogenated alkanes) is 1. The van der Waals surface area contributed by atoms with Crippen LogP contribution in [0, 0.1) is 11.3 Å². The second-order valence-corrected chi connectivity index (χ2v) is 8.20. The number of hydrogen-bond donors (Lipinski definition) is 1. The van der Waals surface area contributed by atoms with Crippen molar-refractivity contribution in [1.82, 2.24) is 10.2 Å². The predicted octanol–water partition coefficient (Wildman–Crippen LogP) is 2.97. The summed E-state index contributed by atoms with van der Waals surface area (Å²) < 4.78 is 0. The maximum atomic E-state index is 12.4. The highest BCUT2D eigenvalue weighted by Crippen LogP contribution is 2.28. The summed E-state index contributed by atoms with van der Waals surface area (Å²) in [5.74, 6) is -0.0394. The zero-order valence-corrected chi connectivity index (χ0v) is 14.6. The van der Waals surface area contributed by atoms with Gasteiger partial charge in [-0.25, -0.2) is 0 Å². The molecule has 1 aliphatic heterocycles. The Labute approximate surface area is 129 Å². The number of likely N-dealkylation sites (tertiary alicyclic amines) is 1. The van der Waals surface area contributed by atoms with Gasteiger partial charge in [-0.2, -0.15) is 0 Å². The fourth-order valence-electron chi connectivity index (χ4n) is 3.32. The van der Waals surface area contributed by atoms with Crippen molar-refractivity contribution in [3.63, 3.8) is 0 Å². The summed E-state index contributed by atoms with van der Waals surface area (Å²) in [5, 5.41) is 3.13. The highest BCUT2D eigenvalue weighted by Gasteiger charge is 2.36. The lowest BCUT2D eigenvalue weighted by Gasteiger charge is -2.34. The van der Waals surface area contributed by atoms with Crippen LogP contribution in [0.3, 0.4) is 0 Å². The maximum Gasteiger partial charge on any atom is 0.225 e. The van der Waals surface area contributed by atoms with Gasteiger partial charge in [0.1, 0.15) is 0 Å². The van der Waals surface area contributed by atoms with Gasteiger partial charge in [-0.1, -0.05) is 34.1 Å². The Hall–Kier alpha value is -1.06. The highest BCUT2D eigenvalue weighted by molar-refractivity contribution is 5.89. The fraction of sp³-hybridized carbons (Fsp3) is 0.882. The van der Waals surface area contributed by atoms with Crippen molar-refractivity contribution in [2.24, 2.45) is 11.3 Å². The first-order valence-electron chi connectivity index (χ1n) is 8.14. The third kappa shape index (κ3) is 6.06. The van der Waals surface area contributed by atoms with Gasteiger partial charge in [0, 0.05) is 25.0 Å². The Balaban J connectivity index is 2.55. The molecule has 1 N–H and O–H groups in total. The fourth-order valence-corrected chi connectivity index (χ4v) is 3.32. The van der Waals surface area contributed by atoms with E-state index in [1.54, 1.807) is 0 Å². The van der Waals surface area contributed by atoms with E-state index in [1.807, 2.05) is 4.90 Å². The predicted molar refractivity (Wildman–Crippen MR) is 85.9 cm³/mol. The number of amides is 2. The standard InChI is InChI=1S/C17H32N2O2/c1-7-8-9-19-11-13(10-14(19)20)15(21)18-17(5,6)12-16(2,3)4/h13H,7-12H2,1-6H3,(H,18,21)/t13-/m1/s1. The Bertz CT molecular complexity index is 383. The van der Waals surface area contributed by atoms with Crippen LogP contribution >= 0.6 is 0 Å². The summed E-state index contributed by atoms with van der Waals surface area (Å²) in [6.07, 6.45) is 3.35. The maximum absolute atomic E-state index is 12.4. The van der Waals surface area contributed by atoms with Crippen LogP contribution < -0.4 is 5.32 Å². The van der Waals surface area contributed by atoms with E-state index in [0.717, 1.165) is 25.8 Å². The van der Waals surface area contributed by atoms with Gasteiger partial charge in [-0.05, 0) is 32.1 Å². The molecule has 1 saturated heterocycles. The van der Waals surface area contributed by atoms with Crippen LogP contribution in [-0.2, 0) is 9.59 Å². The molecule has 1 fully saturated rings. The summed E-state index contributed by atoms with van der Waals surface area (Å²) in [6, 6.07) is 0. The molecule has 0 bridgehead atoms. The third-order valence-corrected chi connectivity index (χ3v) is 3.80. The minimum absolute atomic E-state index is 0.0246. The van der Waals surface area contributed by atoms with E-state index in [4.69, 9.17) is 0 Å². The molecule has 0 aromatic rings. The van der Waals surface area contributed by atoms with Crippen molar-refractivity contribution in [2.75, 3.05) is 13.1 Å². The lowest BCUT2D eigenvalue weighted by atomic mass is 9.81. The molecule has 0 unspecified atom stereocenters. The Morgan fingerprint density at radius 1 is 1.29 bits per heavy atom. The van der Waals surface area contributed by atoms with Gasteiger partial charge in [-0.3, -0.25) is 9.59 Å². The quantitative estimate of drug-likeness (QED) is 0.819. The van der Waals surface area contributed by atoms with Gasteiger partial charge in [0.2, 0.25) is 11.8 Å². The molecule has 1 heterocycles. The highest BCUT2D eigenvalue weighted by atomic mass is 16.2. The number of rotatable bonds is 6. The molecular formula is C17H32N2O2. The van der Waals surface area contributed by atoms with Crippen molar-refractivity contribution in [3.8, 4) is 0 Å². The van der Waals surface area contributed by atoms with Gasteiger partial charge in [0.05, 0.1) is 5.92 Å². The van der Waals surface area contributed by atoms with E-state index in [2.05, 4.69) is 46.9 Å². The minimum atomic E-state index is -0.241. The summed E-state index contributed by atoms with van der Waals surface area (Å²) in [6.45, 7) is 14.1. The molecule has 4 nitrogen and oxygen atoms in total. The van der Waals surface area contributed by atoms with Crippen LogP contribution in [0.1, 0.15) is 67.2 Å². The van der Waals surface area contributed by atoms with Gasteiger partial charge >= 0.3 is 0 Å². The zero-order valence-electron chi connectivity index (χ0n) is 14.6. The topological polar surface area (TPSA) is 49.4 Å². The molecule has 0 aliphatic carbocycles. The molecule has 0 aromatic carbocycles.